The second-order valence-corrected chi connectivity index (χ2v) is 6.30. The van der Waals surface area contributed by atoms with Gasteiger partial charge in [-0.25, -0.2) is 14.6 Å². The van der Waals surface area contributed by atoms with Gasteiger partial charge in [-0.1, -0.05) is 36.8 Å². The van der Waals surface area contributed by atoms with Gasteiger partial charge in [0, 0.05) is 6.20 Å². The van der Waals surface area contributed by atoms with Crippen LogP contribution in [-0.2, 0) is 0 Å². The first-order valence-electron chi connectivity index (χ1n) is 8.48. The number of amides is 1. The summed E-state index contributed by atoms with van der Waals surface area (Å²) in [4.78, 5) is 20.9. The van der Waals surface area contributed by atoms with Crippen LogP contribution in [0.25, 0.3) is 5.82 Å². The zero-order valence-corrected chi connectivity index (χ0v) is 13.7. The Labute approximate surface area is 145 Å². The molecule has 0 spiro atoms. The maximum atomic E-state index is 12.7. The minimum Gasteiger partial charge on any atom is -0.345 e. The van der Waals surface area contributed by atoms with E-state index >= 15 is 0 Å². The fraction of sp³-hybridized carbons (Fsp3) is 0.263. The Balaban J connectivity index is 1.51. The largest absolute Gasteiger partial charge is 0.345 e. The van der Waals surface area contributed by atoms with E-state index in [-0.39, 0.29) is 11.9 Å². The summed E-state index contributed by atoms with van der Waals surface area (Å²) in [7, 11) is 0. The molecule has 0 saturated heterocycles. The quantitative estimate of drug-likeness (QED) is 0.779. The lowest BCUT2D eigenvalue weighted by Gasteiger charge is -2.34. The van der Waals surface area contributed by atoms with E-state index in [1.165, 1.54) is 12.7 Å². The number of nitrogens with one attached hydrogen (secondary N) is 1. The van der Waals surface area contributed by atoms with Crippen LogP contribution in [0.3, 0.4) is 0 Å². The lowest BCUT2D eigenvalue weighted by Crippen LogP contribution is -2.36. The van der Waals surface area contributed by atoms with Crippen molar-refractivity contribution in [2.24, 2.45) is 5.92 Å². The Kier molecular flexibility index (Phi) is 4.24. The van der Waals surface area contributed by atoms with Crippen LogP contribution >= 0.6 is 0 Å². The van der Waals surface area contributed by atoms with Gasteiger partial charge in [-0.2, -0.15) is 5.10 Å². The third kappa shape index (κ3) is 3.28. The Hall–Kier alpha value is -3.02. The second-order valence-electron chi connectivity index (χ2n) is 6.30. The number of hydrogen-bond donors (Lipinski definition) is 1. The average Bonchev–Trinajstić information content (AvgIpc) is 3.15. The van der Waals surface area contributed by atoms with Crippen LogP contribution in [0.1, 0.15) is 41.2 Å². The van der Waals surface area contributed by atoms with Crippen molar-refractivity contribution in [3.05, 3.63) is 72.4 Å². The zero-order valence-electron chi connectivity index (χ0n) is 13.7. The minimum absolute atomic E-state index is 0.0532. The van der Waals surface area contributed by atoms with E-state index in [2.05, 4.69) is 32.5 Å². The van der Waals surface area contributed by atoms with Gasteiger partial charge in [0.15, 0.2) is 5.82 Å². The number of carbonyl (C=O) groups excluding carboxylic acids is 1. The summed E-state index contributed by atoms with van der Waals surface area (Å²) >= 11 is 0. The van der Waals surface area contributed by atoms with Crippen molar-refractivity contribution in [3.63, 3.8) is 0 Å². The molecular weight excluding hydrogens is 314 g/mol. The Morgan fingerprint density at radius 2 is 2.00 bits per heavy atom. The van der Waals surface area contributed by atoms with Crippen molar-refractivity contribution in [1.29, 1.82) is 0 Å². The van der Waals surface area contributed by atoms with Crippen LogP contribution in [0.5, 0.6) is 0 Å². The van der Waals surface area contributed by atoms with Crippen molar-refractivity contribution in [2.75, 3.05) is 0 Å². The molecule has 1 aliphatic rings. The summed E-state index contributed by atoms with van der Waals surface area (Å²) in [5.41, 5.74) is 1.71. The number of pyridine rings is 1. The monoisotopic (exact) mass is 333 g/mol. The molecule has 0 bridgehead atoms. The molecule has 3 aromatic rings. The molecule has 2 heterocycles. The minimum atomic E-state index is -0.0987. The Morgan fingerprint density at radius 3 is 2.60 bits per heavy atom. The number of nitrogens with zero attached hydrogens (tertiary/aromatic N) is 4. The highest BCUT2D eigenvalue weighted by molar-refractivity contribution is 5.94. The van der Waals surface area contributed by atoms with Crippen LogP contribution < -0.4 is 5.32 Å². The van der Waals surface area contributed by atoms with Crippen LogP contribution in [0, 0.1) is 5.92 Å². The molecule has 1 aliphatic carbocycles. The van der Waals surface area contributed by atoms with E-state index in [0.29, 0.717) is 17.3 Å². The Morgan fingerprint density at radius 1 is 1.16 bits per heavy atom. The van der Waals surface area contributed by atoms with Crippen LogP contribution in [0.15, 0.2) is 61.3 Å². The fourth-order valence-electron chi connectivity index (χ4n) is 3.11. The van der Waals surface area contributed by atoms with Crippen LogP contribution in [0.4, 0.5) is 0 Å². The van der Waals surface area contributed by atoms with Crippen LogP contribution in [0.2, 0.25) is 0 Å². The molecule has 6 heteroatoms. The first-order valence-corrected chi connectivity index (χ1v) is 8.48. The van der Waals surface area contributed by atoms with Crippen molar-refractivity contribution in [3.8, 4) is 5.82 Å². The summed E-state index contributed by atoms with van der Waals surface area (Å²) in [6.45, 7) is 0. The molecule has 2 aromatic heterocycles. The summed E-state index contributed by atoms with van der Waals surface area (Å²) in [6, 6.07) is 13.8. The van der Waals surface area contributed by atoms with Gasteiger partial charge in [0.05, 0.1) is 11.6 Å². The fourth-order valence-corrected chi connectivity index (χ4v) is 3.11. The van der Waals surface area contributed by atoms with E-state index in [1.54, 1.807) is 29.3 Å². The van der Waals surface area contributed by atoms with Crippen molar-refractivity contribution in [2.45, 2.75) is 25.3 Å². The van der Waals surface area contributed by atoms with Gasteiger partial charge in [0.25, 0.3) is 5.91 Å². The topological polar surface area (TPSA) is 72.7 Å². The number of benzene rings is 1. The molecule has 1 atom stereocenters. The summed E-state index contributed by atoms with van der Waals surface area (Å²) < 4.78 is 1.56. The van der Waals surface area contributed by atoms with E-state index in [1.807, 2.05) is 18.2 Å². The van der Waals surface area contributed by atoms with Gasteiger partial charge in [-0.3, -0.25) is 4.79 Å². The molecule has 6 nitrogen and oxygen atoms in total. The molecule has 25 heavy (non-hydrogen) atoms. The summed E-state index contributed by atoms with van der Waals surface area (Å²) in [5.74, 6) is 1.04. The van der Waals surface area contributed by atoms with Gasteiger partial charge in [-0.05, 0) is 36.5 Å². The molecule has 4 rings (SSSR count). The number of hydrogen-bond acceptors (Lipinski definition) is 4. The number of aromatic nitrogens is 4. The van der Waals surface area contributed by atoms with Crippen LogP contribution in [-0.4, -0.2) is 25.7 Å². The first-order chi connectivity index (χ1) is 12.3. The number of rotatable bonds is 5. The molecule has 0 aliphatic heterocycles. The van der Waals surface area contributed by atoms with Crippen molar-refractivity contribution >= 4 is 5.91 Å². The Bertz CT molecular complexity index is 826. The average molecular weight is 333 g/mol. The van der Waals surface area contributed by atoms with Gasteiger partial charge >= 0.3 is 0 Å². The van der Waals surface area contributed by atoms with Crippen molar-refractivity contribution in [1.82, 2.24) is 25.1 Å². The maximum Gasteiger partial charge on any atom is 0.253 e. The van der Waals surface area contributed by atoms with Gasteiger partial charge in [0.1, 0.15) is 12.7 Å². The van der Waals surface area contributed by atoms with Gasteiger partial charge in [0.2, 0.25) is 0 Å². The highest BCUT2D eigenvalue weighted by Crippen LogP contribution is 2.37. The van der Waals surface area contributed by atoms with E-state index in [9.17, 15) is 4.79 Å². The van der Waals surface area contributed by atoms with Crippen molar-refractivity contribution < 1.29 is 4.79 Å². The summed E-state index contributed by atoms with van der Waals surface area (Å²) in [5, 5.41) is 7.23. The maximum absolute atomic E-state index is 12.7. The lowest BCUT2D eigenvalue weighted by molar-refractivity contribution is 0.0900. The molecule has 0 unspecified atom stereocenters. The SMILES string of the molecule is O=C(N[C@H](c1ccccc1)C1CCC1)c1ccc(-n2cncn2)nc1. The smallest absolute Gasteiger partial charge is 0.253 e. The predicted octanol–water partition coefficient (Wildman–Crippen LogP) is 2.93. The molecule has 1 aromatic carbocycles. The third-order valence-electron chi connectivity index (χ3n) is 4.73. The third-order valence-corrected chi connectivity index (χ3v) is 4.73. The first kappa shape index (κ1) is 15.5. The predicted molar refractivity (Wildman–Crippen MR) is 93.1 cm³/mol. The molecule has 126 valence electrons. The van der Waals surface area contributed by atoms with E-state index in [0.717, 1.165) is 18.4 Å². The molecule has 0 radical (unpaired) electrons. The molecule has 1 N–H and O–H groups in total. The molecule has 1 fully saturated rings. The molecule has 1 saturated carbocycles. The summed E-state index contributed by atoms with van der Waals surface area (Å²) in [6.07, 6.45) is 8.15. The lowest BCUT2D eigenvalue weighted by atomic mass is 9.77. The molecule has 1 amide bonds. The highest BCUT2D eigenvalue weighted by Gasteiger charge is 2.29. The molecular formula is C19H19N5O. The zero-order chi connectivity index (χ0) is 17.1. The standard InChI is InChI=1S/C19H19N5O/c25-19(16-9-10-17(21-11-16)24-13-20-12-22-24)23-18(15-7-4-8-15)14-5-2-1-3-6-14/h1-3,5-6,9-13,15,18H,4,7-8H2,(H,23,25)/t18-/m1/s1. The number of carbonyl (C=O) groups is 1. The van der Waals surface area contributed by atoms with Gasteiger partial charge < -0.3 is 5.32 Å². The van der Waals surface area contributed by atoms with E-state index < -0.39 is 0 Å². The van der Waals surface area contributed by atoms with Gasteiger partial charge in [-0.15, -0.1) is 0 Å². The highest BCUT2D eigenvalue weighted by atomic mass is 16.1. The normalized spacial score (nSPS) is 15.4. The van der Waals surface area contributed by atoms with E-state index in [4.69, 9.17) is 0 Å². The second kappa shape index (κ2) is 6.84.